The van der Waals surface area contributed by atoms with Gasteiger partial charge in [-0.15, -0.1) is 5.53 Å². The lowest BCUT2D eigenvalue weighted by Gasteiger charge is -2.24. The van der Waals surface area contributed by atoms with Crippen molar-refractivity contribution in [2.75, 3.05) is 23.7 Å². The summed E-state index contributed by atoms with van der Waals surface area (Å²) in [6.45, 7) is 9.39. The fraction of sp³-hybridized carbons (Fsp3) is 0.393. The Hall–Kier alpha value is -3.75. The molecule has 0 fully saturated rings. The van der Waals surface area contributed by atoms with E-state index in [1.54, 1.807) is 25.3 Å². The number of alkyl halides is 2. The van der Waals surface area contributed by atoms with Crippen LogP contribution in [0.15, 0.2) is 42.4 Å². The quantitative estimate of drug-likeness (QED) is 0.218. The summed E-state index contributed by atoms with van der Waals surface area (Å²) in [4.78, 5) is 8.36. The fourth-order valence-corrected chi connectivity index (χ4v) is 4.54. The van der Waals surface area contributed by atoms with Gasteiger partial charge in [0.15, 0.2) is 0 Å². The van der Waals surface area contributed by atoms with Gasteiger partial charge in [-0.3, -0.25) is 9.99 Å². The Kier molecular flexibility index (Phi) is 8.33. The SMILES string of the molecule is CCC(F)(F)CN1C=C([C@@H](Nc2cc(Cl)c3ncc(C#N)c(NCC(C)(C)C)c3c2)c2ccc(F)nc2C)NN1. The first-order valence-corrected chi connectivity index (χ1v) is 13.2. The number of pyridine rings is 2. The predicted molar refractivity (Wildman–Crippen MR) is 151 cm³/mol. The molecule has 1 aliphatic rings. The summed E-state index contributed by atoms with van der Waals surface area (Å²) in [5, 5.41) is 18.8. The number of hydrogen-bond acceptors (Lipinski definition) is 8. The summed E-state index contributed by atoms with van der Waals surface area (Å²) in [7, 11) is 0. The van der Waals surface area contributed by atoms with Gasteiger partial charge in [-0.2, -0.15) is 9.65 Å². The number of halogens is 4. The van der Waals surface area contributed by atoms with E-state index in [0.29, 0.717) is 56.4 Å². The number of rotatable bonds is 9. The largest absolute Gasteiger partial charge is 0.383 e. The van der Waals surface area contributed by atoms with Crippen LogP contribution in [0, 0.1) is 29.6 Å². The molecule has 3 aromatic rings. The van der Waals surface area contributed by atoms with Crippen molar-refractivity contribution in [1.82, 2.24) is 25.9 Å². The number of anilines is 2. The van der Waals surface area contributed by atoms with Gasteiger partial charge < -0.3 is 16.1 Å². The number of nitrogens with zero attached hydrogens (tertiary/aromatic N) is 4. The molecule has 2 aromatic heterocycles. The van der Waals surface area contributed by atoms with Crippen LogP contribution in [0.1, 0.15) is 57.0 Å². The van der Waals surface area contributed by atoms with E-state index in [4.69, 9.17) is 11.6 Å². The number of aromatic nitrogens is 2. The zero-order valence-electron chi connectivity index (χ0n) is 23.0. The Morgan fingerprint density at radius 1 is 1.23 bits per heavy atom. The second-order valence-electron chi connectivity index (χ2n) is 11.0. The van der Waals surface area contributed by atoms with Crippen molar-refractivity contribution >= 4 is 33.9 Å². The average Bonchev–Trinajstić information content (AvgIpc) is 3.33. The van der Waals surface area contributed by atoms with E-state index in [9.17, 15) is 18.4 Å². The molecule has 0 spiro atoms. The molecule has 1 aliphatic heterocycles. The van der Waals surface area contributed by atoms with E-state index in [2.05, 4.69) is 58.4 Å². The van der Waals surface area contributed by atoms with E-state index >= 15 is 0 Å². The molecule has 8 nitrogen and oxygen atoms in total. The Morgan fingerprint density at radius 2 is 1.98 bits per heavy atom. The van der Waals surface area contributed by atoms with Crippen LogP contribution in [-0.2, 0) is 0 Å². The molecule has 1 atom stereocenters. The molecule has 1 aromatic carbocycles. The molecule has 0 aliphatic carbocycles. The molecule has 4 N–H and O–H groups in total. The van der Waals surface area contributed by atoms with Gasteiger partial charge in [0.05, 0.1) is 40.1 Å². The minimum Gasteiger partial charge on any atom is -0.383 e. The molecule has 0 radical (unpaired) electrons. The highest BCUT2D eigenvalue weighted by atomic mass is 35.5. The third kappa shape index (κ3) is 6.69. The molecule has 0 saturated carbocycles. The van der Waals surface area contributed by atoms with Crippen molar-refractivity contribution in [2.45, 2.75) is 53.0 Å². The molecule has 0 bridgehead atoms. The van der Waals surface area contributed by atoms with Gasteiger partial charge in [-0.1, -0.05) is 45.4 Å². The molecule has 4 rings (SSSR count). The second-order valence-corrected chi connectivity index (χ2v) is 11.4. The van der Waals surface area contributed by atoms with E-state index in [1.807, 2.05) is 6.07 Å². The van der Waals surface area contributed by atoms with Crippen LogP contribution >= 0.6 is 11.6 Å². The van der Waals surface area contributed by atoms with Crippen molar-refractivity contribution in [1.29, 1.82) is 5.26 Å². The summed E-state index contributed by atoms with van der Waals surface area (Å²) >= 11 is 6.66. The van der Waals surface area contributed by atoms with Crippen LogP contribution in [0.3, 0.4) is 0 Å². The molecule has 0 unspecified atom stereocenters. The number of hydrazine groups is 2. The van der Waals surface area contributed by atoms with Crippen molar-refractivity contribution in [3.63, 3.8) is 0 Å². The number of benzene rings is 1. The number of hydrogen-bond donors (Lipinski definition) is 4. The van der Waals surface area contributed by atoms with Gasteiger partial charge in [0.25, 0.3) is 5.92 Å². The van der Waals surface area contributed by atoms with Crippen LogP contribution < -0.4 is 21.6 Å². The van der Waals surface area contributed by atoms with Gasteiger partial charge in [-0.25, -0.2) is 13.8 Å². The van der Waals surface area contributed by atoms with Crippen LogP contribution in [0.4, 0.5) is 24.5 Å². The Morgan fingerprint density at radius 3 is 2.62 bits per heavy atom. The van der Waals surface area contributed by atoms with Gasteiger partial charge >= 0.3 is 0 Å². The lowest BCUT2D eigenvalue weighted by atomic mass is 9.96. The Bertz CT molecular complexity index is 1480. The van der Waals surface area contributed by atoms with E-state index < -0.39 is 24.5 Å². The van der Waals surface area contributed by atoms with Crippen molar-refractivity contribution in [3.05, 3.63) is 70.2 Å². The first-order chi connectivity index (χ1) is 18.8. The molecule has 0 saturated heterocycles. The Labute approximate surface area is 236 Å². The van der Waals surface area contributed by atoms with Gasteiger partial charge in [-0.05, 0) is 30.5 Å². The van der Waals surface area contributed by atoms with Crippen LogP contribution in [0.25, 0.3) is 10.9 Å². The van der Waals surface area contributed by atoms with Crippen LogP contribution in [-0.4, -0.2) is 34.0 Å². The van der Waals surface area contributed by atoms with Crippen molar-refractivity contribution in [3.8, 4) is 6.07 Å². The lowest BCUT2D eigenvalue weighted by molar-refractivity contribution is -0.0344. The number of fused-ring (bicyclic) bond motifs is 1. The zero-order chi connectivity index (χ0) is 29.2. The highest BCUT2D eigenvalue weighted by Gasteiger charge is 2.32. The standard InChI is InChI=1S/C28H32ClF3N8/c1-6-28(31,32)15-40-13-22(38-39-40)26(19-7-8-23(30)36-16(19)2)37-18-9-20-24(35-14-27(3,4)5)17(11-33)12-34-25(20)21(29)10-18/h7-10,12-13,26,37-39H,6,14-15H2,1-5H3,(H,34,35)/t26-/m0/s1. The average molecular weight is 573 g/mol. The van der Waals surface area contributed by atoms with Gasteiger partial charge in [0.2, 0.25) is 5.95 Å². The first-order valence-electron chi connectivity index (χ1n) is 12.8. The molecular weight excluding hydrogens is 541 g/mol. The summed E-state index contributed by atoms with van der Waals surface area (Å²) in [6.07, 6.45) is 2.72. The number of nitriles is 1. The van der Waals surface area contributed by atoms with Crippen LogP contribution in [0.2, 0.25) is 5.02 Å². The topological polar surface area (TPSA) is 101 Å². The van der Waals surface area contributed by atoms with Crippen LogP contribution in [0.5, 0.6) is 0 Å². The fourth-order valence-electron chi connectivity index (χ4n) is 4.27. The molecule has 212 valence electrons. The monoisotopic (exact) mass is 572 g/mol. The highest BCUT2D eigenvalue weighted by molar-refractivity contribution is 6.35. The maximum atomic E-state index is 14.1. The van der Waals surface area contributed by atoms with E-state index in [-0.39, 0.29) is 11.8 Å². The molecular formula is C28H32ClF3N8. The smallest absolute Gasteiger partial charge is 0.266 e. The zero-order valence-corrected chi connectivity index (χ0v) is 23.7. The first kappa shape index (κ1) is 29.2. The Balaban J connectivity index is 1.78. The summed E-state index contributed by atoms with van der Waals surface area (Å²) in [5.41, 5.74) is 9.27. The minimum atomic E-state index is -2.90. The summed E-state index contributed by atoms with van der Waals surface area (Å²) in [6, 6.07) is 7.90. The minimum absolute atomic E-state index is 0.0613. The molecule has 12 heteroatoms. The maximum Gasteiger partial charge on any atom is 0.266 e. The number of aryl methyl sites for hydroxylation is 1. The summed E-state index contributed by atoms with van der Waals surface area (Å²) < 4.78 is 42.0. The summed E-state index contributed by atoms with van der Waals surface area (Å²) in [5.74, 6) is -3.53. The van der Waals surface area contributed by atoms with Gasteiger partial charge in [0, 0.05) is 47.7 Å². The van der Waals surface area contributed by atoms with Crippen molar-refractivity contribution in [2.24, 2.45) is 5.41 Å². The highest BCUT2D eigenvalue weighted by Crippen LogP contribution is 2.36. The van der Waals surface area contributed by atoms with Gasteiger partial charge in [0.1, 0.15) is 6.07 Å². The molecule has 0 amide bonds. The van der Waals surface area contributed by atoms with Crippen molar-refractivity contribution < 1.29 is 13.2 Å². The lowest BCUT2D eigenvalue weighted by Crippen LogP contribution is -2.43. The molecule has 40 heavy (non-hydrogen) atoms. The normalized spacial score (nSPS) is 14.5. The third-order valence-corrected chi connectivity index (χ3v) is 6.71. The predicted octanol–water partition coefficient (Wildman–Crippen LogP) is 6.43. The third-order valence-electron chi connectivity index (χ3n) is 6.42. The molecule has 3 heterocycles. The van der Waals surface area contributed by atoms with E-state index in [1.165, 1.54) is 24.2 Å². The maximum absolute atomic E-state index is 14.1. The number of nitrogens with one attached hydrogen (secondary N) is 4. The second kappa shape index (κ2) is 11.4. The van der Waals surface area contributed by atoms with E-state index in [0.717, 1.165) is 0 Å².